The smallest absolute Gasteiger partial charge is 0.319 e. The Hall–Kier alpha value is -4.01. The Balaban J connectivity index is 1.31. The number of anilines is 2. The minimum Gasteiger partial charge on any atom is -0.335 e. The number of rotatable bonds is 7. The van der Waals surface area contributed by atoms with Crippen molar-refractivity contribution < 1.29 is 9.59 Å². The number of H-pyrrole nitrogens is 1. The standard InChI is InChI=1S/C23H24N6O3/c1-14-19(22(31)29-21(25-14)15-10-12-24-13-11-15)8-9-20(30)26-16-2-4-17(5-3-16)27-23(32)28-18-6-7-18/h2-5,10-13,18H,6-9H2,1H3,(H,26,30)(H,25,29,31)(H2,27,28,32). The van der Waals surface area contributed by atoms with Crippen molar-refractivity contribution in [3.05, 3.63) is 70.4 Å². The number of hydrogen-bond acceptors (Lipinski definition) is 5. The molecule has 0 bridgehead atoms. The summed E-state index contributed by atoms with van der Waals surface area (Å²) < 4.78 is 0. The highest BCUT2D eigenvalue weighted by molar-refractivity contribution is 5.92. The SMILES string of the molecule is Cc1nc(-c2ccncc2)[nH]c(=O)c1CCC(=O)Nc1ccc(NC(=O)NC2CC2)cc1. The van der Waals surface area contributed by atoms with E-state index >= 15 is 0 Å². The molecule has 4 rings (SSSR count). The second-order valence-electron chi connectivity index (χ2n) is 7.71. The number of nitrogens with zero attached hydrogens (tertiary/aromatic N) is 2. The van der Waals surface area contributed by atoms with E-state index in [2.05, 4.69) is 30.9 Å². The zero-order chi connectivity index (χ0) is 22.5. The summed E-state index contributed by atoms with van der Waals surface area (Å²) in [6, 6.07) is 10.5. The number of aryl methyl sites for hydroxylation is 1. The molecule has 1 aliphatic carbocycles. The molecule has 0 saturated heterocycles. The van der Waals surface area contributed by atoms with Crippen LogP contribution in [-0.2, 0) is 11.2 Å². The van der Waals surface area contributed by atoms with Crippen molar-refractivity contribution in [1.29, 1.82) is 0 Å². The molecule has 32 heavy (non-hydrogen) atoms. The van der Waals surface area contributed by atoms with E-state index in [1.807, 2.05) is 0 Å². The van der Waals surface area contributed by atoms with E-state index in [0.717, 1.165) is 18.4 Å². The number of pyridine rings is 1. The van der Waals surface area contributed by atoms with Gasteiger partial charge in [0.25, 0.3) is 5.56 Å². The molecule has 3 amide bonds. The van der Waals surface area contributed by atoms with Crippen molar-refractivity contribution in [3.8, 4) is 11.4 Å². The van der Waals surface area contributed by atoms with E-state index in [1.165, 1.54) is 0 Å². The van der Waals surface area contributed by atoms with E-state index in [9.17, 15) is 14.4 Å². The molecule has 0 spiro atoms. The highest BCUT2D eigenvalue weighted by Gasteiger charge is 2.23. The van der Waals surface area contributed by atoms with E-state index in [-0.39, 0.29) is 36.4 Å². The van der Waals surface area contributed by atoms with E-state index in [1.54, 1.807) is 55.7 Å². The summed E-state index contributed by atoms with van der Waals surface area (Å²) in [6.07, 6.45) is 5.73. The lowest BCUT2D eigenvalue weighted by Crippen LogP contribution is -2.30. The molecule has 0 radical (unpaired) electrons. The van der Waals surface area contributed by atoms with Crippen LogP contribution in [0.5, 0.6) is 0 Å². The second-order valence-corrected chi connectivity index (χ2v) is 7.71. The number of hydrogen-bond donors (Lipinski definition) is 4. The normalized spacial score (nSPS) is 12.8. The highest BCUT2D eigenvalue weighted by atomic mass is 16.2. The maximum Gasteiger partial charge on any atom is 0.319 e. The summed E-state index contributed by atoms with van der Waals surface area (Å²) in [5, 5.41) is 8.41. The predicted molar refractivity (Wildman–Crippen MR) is 121 cm³/mol. The maximum absolute atomic E-state index is 12.5. The summed E-state index contributed by atoms with van der Waals surface area (Å²) >= 11 is 0. The fraction of sp³-hybridized carbons (Fsp3) is 0.261. The van der Waals surface area contributed by atoms with E-state index in [0.29, 0.717) is 28.5 Å². The summed E-state index contributed by atoms with van der Waals surface area (Å²) in [7, 11) is 0. The van der Waals surface area contributed by atoms with Gasteiger partial charge in [-0.1, -0.05) is 0 Å². The molecule has 2 aromatic heterocycles. The van der Waals surface area contributed by atoms with E-state index < -0.39 is 0 Å². The van der Waals surface area contributed by atoms with Crippen LogP contribution < -0.4 is 21.5 Å². The van der Waals surface area contributed by atoms with Gasteiger partial charge in [-0.05, 0) is 62.6 Å². The minimum absolute atomic E-state index is 0.143. The van der Waals surface area contributed by atoms with Gasteiger partial charge >= 0.3 is 6.03 Å². The molecule has 4 N–H and O–H groups in total. The molecule has 1 saturated carbocycles. The average Bonchev–Trinajstić information content (AvgIpc) is 3.59. The molecule has 1 fully saturated rings. The summed E-state index contributed by atoms with van der Waals surface area (Å²) in [5.74, 6) is 0.261. The molecule has 9 heteroatoms. The molecule has 1 aromatic carbocycles. The maximum atomic E-state index is 12.5. The molecule has 1 aliphatic rings. The average molecular weight is 432 g/mol. The third kappa shape index (κ3) is 5.57. The number of carbonyl (C=O) groups excluding carboxylic acids is 2. The van der Waals surface area contributed by atoms with Crippen LogP contribution in [0.4, 0.5) is 16.2 Å². The number of carbonyl (C=O) groups is 2. The van der Waals surface area contributed by atoms with Crippen LogP contribution in [-0.4, -0.2) is 32.9 Å². The molecule has 0 unspecified atom stereocenters. The van der Waals surface area contributed by atoms with Crippen molar-refractivity contribution in [2.24, 2.45) is 0 Å². The van der Waals surface area contributed by atoms with Crippen LogP contribution in [0.3, 0.4) is 0 Å². The van der Waals surface area contributed by atoms with Crippen LogP contribution >= 0.6 is 0 Å². The lowest BCUT2D eigenvalue weighted by atomic mass is 10.1. The molecule has 0 aliphatic heterocycles. The van der Waals surface area contributed by atoms with Crippen LogP contribution in [0.25, 0.3) is 11.4 Å². The van der Waals surface area contributed by atoms with Crippen molar-refractivity contribution in [2.75, 3.05) is 10.6 Å². The molecule has 2 heterocycles. The predicted octanol–water partition coefficient (Wildman–Crippen LogP) is 3.00. The number of aromatic amines is 1. The van der Waals surface area contributed by atoms with Gasteiger partial charge in [0, 0.05) is 53.1 Å². The Bertz CT molecular complexity index is 1170. The van der Waals surface area contributed by atoms with Crippen molar-refractivity contribution >= 4 is 23.3 Å². The zero-order valence-corrected chi connectivity index (χ0v) is 17.6. The van der Waals surface area contributed by atoms with Gasteiger partial charge in [0.05, 0.1) is 0 Å². The van der Waals surface area contributed by atoms with Gasteiger partial charge in [-0.25, -0.2) is 9.78 Å². The largest absolute Gasteiger partial charge is 0.335 e. The van der Waals surface area contributed by atoms with Gasteiger partial charge in [-0.15, -0.1) is 0 Å². The van der Waals surface area contributed by atoms with Gasteiger partial charge in [0.1, 0.15) is 5.82 Å². The number of urea groups is 1. The second kappa shape index (κ2) is 9.42. The molecular formula is C23H24N6O3. The molecule has 3 aromatic rings. The topological polar surface area (TPSA) is 129 Å². The summed E-state index contributed by atoms with van der Waals surface area (Å²) in [6.45, 7) is 1.76. The van der Waals surface area contributed by atoms with Gasteiger partial charge in [0.15, 0.2) is 0 Å². The van der Waals surface area contributed by atoms with Crippen molar-refractivity contribution in [3.63, 3.8) is 0 Å². The zero-order valence-electron chi connectivity index (χ0n) is 17.6. The molecule has 0 atom stereocenters. The first kappa shape index (κ1) is 21.2. The third-order valence-corrected chi connectivity index (χ3v) is 5.12. The fourth-order valence-electron chi connectivity index (χ4n) is 3.23. The van der Waals surface area contributed by atoms with Crippen LogP contribution in [0.1, 0.15) is 30.5 Å². The van der Waals surface area contributed by atoms with Gasteiger partial charge in [-0.2, -0.15) is 0 Å². The number of amides is 3. The van der Waals surface area contributed by atoms with Crippen LogP contribution in [0, 0.1) is 6.92 Å². The van der Waals surface area contributed by atoms with Crippen LogP contribution in [0.15, 0.2) is 53.6 Å². The Morgan fingerprint density at radius 2 is 1.69 bits per heavy atom. The first-order valence-electron chi connectivity index (χ1n) is 10.5. The monoisotopic (exact) mass is 432 g/mol. The number of aromatic nitrogens is 3. The summed E-state index contributed by atoms with van der Waals surface area (Å²) in [4.78, 5) is 47.9. The Kier molecular flexibility index (Phi) is 6.25. The van der Waals surface area contributed by atoms with Crippen molar-refractivity contribution in [1.82, 2.24) is 20.3 Å². The number of benzene rings is 1. The lowest BCUT2D eigenvalue weighted by Gasteiger charge is -2.09. The lowest BCUT2D eigenvalue weighted by molar-refractivity contribution is -0.116. The highest BCUT2D eigenvalue weighted by Crippen LogP contribution is 2.19. The summed E-state index contributed by atoms with van der Waals surface area (Å²) in [5.41, 5.74) is 2.85. The van der Waals surface area contributed by atoms with Crippen molar-refractivity contribution in [2.45, 2.75) is 38.6 Å². The molecule has 164 valence electrons. The van der Waals surface area contributed by atoms with Gasteiger partial charge < -0.3 is 20.9 Å². The van der Waals surface area contributed by atoms with Gasteiger partial charge in [0.2, 0.25) is 5.91 Å². The Morgan fingerprint density at radius 3 is 2.31 bits per heavy atom. The first-order chi connectivity index (χ1) is 15.5. The Labute approximate surface area is 184 Å². The molecule has 9 nitrogen and oxygen atoms in total. The van der Waals surface area contributed by atoms with Gasteiger partial charge in [-0.3, -0.25) is 14.6 Å². The Morgan fingerprint density at radius 1 is 1.03 bits per heavy atom. The minimum atomic E-state index is -0.253. The third-order valence-electron chi connectivity index (χ3n) is 5.12. The number of nitrogens with one attached hydrogen (secondary N) is 4. The first-order valence-corrected chi connectivity index (χ1v) is 10.5. The van der Waals surface area contributed by atoms with Crippen LogP contribution in [0.2, 0.25) is 0 Å². The fourth-order valence-corrected chi connectivity index (χ4v) is 3.23. The quantitative estimate of drug-likeness (QED) is 0.456. The molecular weight excluding hydrogens is 408 g/mol. The van der Waals surface area contributed by atoms with E-state index in [4.69, 9.17) is 0 Å².